The number of carbonyl (C=O) groups is 1. The fraction of sp³-hybridized carbons (Fsp3) is 0.476. The van der Waals surface area contributed by atoms with Gasteiger partial charge in [0.2, 0.25) is 5.91 Å². The summed E-state index contributed by atoms with van der Waals surface area (Å²) in [6.07, 6.45) is 0.346. The number of rotatable bonds is 8. The number of methoxy groups -OCH3 is 1. The maximum Gasteiger partial charge on any atom is 0.224 e. The molecule has 2 N–H and O–H groups in total. The van der Waals surface area contributed by atoms with Crippen molar-refractivity contribution in [2.45, 2.75) is 20.3 Å². The van der Waals surface area contributed by atoms with Gasteiger partial charge >= 0.3 is 0 Å². The van der Waals surface area contributed by atoms with Crippen LogP contribution in [0.5, 0.6) is 5.75 Å². The van der Waals surface area contributed by atoms with Gasteiger partial charge in [-0.1, -0.05) is 12.1 Å². The molecule has 0 spiro atoms. The Morgan fingerprint density at radius 1 is 1.17 bits per heavy atom. The number of hydrogen-bond donors (Lipinski definition) is 2. The van der Waals surface area contributed by atoms with Crippen molar-refractivity contribution in [1.29, 1.82) is 0 Å². The lowest BCUT2D eigenvalue weighted by atomic mass is 10.1. The Hall–Kier alpha value is -2.87. The molecule has 2 heterocycles. The minimum Gasteiger partial charge on any atom is -0.496 e. The van der Waals surface area contributed by atoms with Crippen molar-refractivity contribution in [3.8, 4) is 5.75 Å². The number of amides is 1. The van der Waals surface area contributed by atoms with Crippen LogP contribution < -0.4 is 20.3 Å². The maximum atomic E-state index is 12.2. The van der Waals surface area contributed by atoms with E-state index in [9.17, 15) is 4.79 Å². The number of anilines is 2. The van der Waals surface area contributed by atoms with Crippen molar-refractivity contribution < 1.29 is 14.3 Å². The normalized spacial score (nSPS) is 13.8. The number of nitrogens with one attached hydrogen (secondary N) is 2. The first-order valence-electron chi connectivity index (χ1n) is 9.87. The smallest absolute Gasteiger partial charge is 0.224 e. The average molecular weight is 399 g/mol. The van der Waals surface area contributed by atoms with Gasteiger partial charge in [-0.05, 0) is 31.0 Å². The second kappa shape index (κ2) is 10.1. The van der Waals surface area contributed by atoms with Gasteiger partial charge in [0.05, 0.1) is 26.7 Å². The van der Waals surface area contributed by atoms with Gasteiger partial charge in [0.25, 0.3) is 0 Å². The van der Waals surface area contributed by atoms with Crippen LogP contribution in [-0.4, -0.2) is 62.4 Å². The molecular weight excluding hydrogens is 370 g/mol. The number of carbonyl (C=O) groups excluding carboxylic acids is 1. The molecule has 8 heteroatoms. The molecule has 1 aliphatic heterocycles. The van der Waals surface area contributed by atoms with Crippen LogP contribution in [0.4, 0.5) is 11.6 Å². The molecule has 1 saturated heterocycles. The van der Waals surface area contributed by atoms with Crippen LogP contribution in [0, 0.1) is 13.8 Å². The summed E-state index contributed by atoms with van der Waals surface area (Å²) in [7, 11) is 1.64. The third-order valence-electron chi connectivity index (χ3n) is 4.74. The Morgan fingerprint density at radius 2 is 1.97 bits per heavy atom. The second-order valence-corrected chi connectivity index (χ2v) is 7.02. The monoisotopic (exact) mass is 399 g/mol. The number of nitrogens with zero attached hydrogens (tertiary/aromatic N) is 3. The summed E-state index contributed by atoms with van der Waals surface area (Å²) in [5.74, 6) is 3.20. The molecule has 1 fully saturated rings. The maximum absolute atomic E-state index is 12.2. The van der Waals surface area contributed by atoms with Gasteiger partial charge < -0.3 is 25.0 Å². The van der Waals surface area contributed by atoms with Gasteiger partial charge in [-0.15, -0.1) is 0 Å². The van der Waals surface area contributed by atoms with Crippen LogP contribution in [0.2, 0.25) is 0 Å². The van der Waals surface area contributed by atoms with Crippen LogP contribution in [0.1, 0.15) is 17.0 Å². The van der Waals surface area contributed by atoms with Crippen LogP contribution in [-0.2, 0) is 16.0 Å². The number of aromatic nitrogens is 2. The summed E-state index contributed by atoms with van der Waals surface area (Å²) >= 11 is 0. The van der Waals surface area contributed by atoms with Crippen molar-refractivity contribution in [3.05, 3.63) is 41.2 Å². The van der Waals surface area contributed by atoms with Crippen molar-refractivity contribution in [2.75, 3.05) is 56.7 Å². The van der Waals surface area contributed by atoms with E-state index in [2.05, 4.69) is 25.5 Å². The molecule has 156 valence electrons. The van der Waals surface area contributed by atoms with E-state index >= 15 is 0 Å². The summed E-state index contributed by atoms with van der Waals surface area (Å²) < 4.78 is 10.7. The zero-order chi connectivity index (χ0) is 20.6. The van der Waals surface area contributed by atoms with Crippen molar-refractivity contribution in [3.63, 3.8) is 0 Å². The molecule has 1 aliphatic rings. The summed E-state index contributed by atoms with van der Waals surface area (Å²) in [5.41, 5.74) is 1.99. The highest BCUT2D eigenvalue weighted by molar-refractivity contribution is 5.78. The van der Waals surface area contributed by atoms with E-state index in [1.165, 1.54) is 0 Å². The number of hydrogen-bond acceptors (Lipinski definition) is 7. The van der Waals surface area contributed by atoms with Gasteiger partial charge in [0.1, 0.15) is 23.2 Å². The molecule has 2 aromatic rings. The number of benzene rings is 1. The largest absolute Gasteiger partial charge is 0.496 e. The molecule has 3 rings (SSSR count). The molecule has 0 unspecified atom stereocenters. The SMILES string of the molecule is COc1ccc(CC(=O)NCCNc2cc(N3CCOCC3)nc(C)n2)cc1C. The summed E-state index contributed by atoms with van der Waals surface area (Å²) in [4.78, 5) is 23.3. The molecule has 1 aromatic carbocycles. The standard InChI is InChI=1S/C21H29N5O3/c1-15-12-17(4-5-18(15)28-3)13-21(27)23-7-6-22-19-14-20(25-16(2)24-19)26-8-10-29-11-9-26/h4-5,12,14H,6-11,13H2,1-3H3,(H,23,27)(H,22,24,25). The van der Waals surface area contributed by atoms with Crippen LogP contribution in [0.3, 0.4) is 0 Å². The van der Waals surface area contributed by atoms with E-state index < -0.39 is 0 Å². The van der Waals surface area contributed by atoms with Crippen LogP contribution in [0.25, 0.3) is 0 Å². The van der Waals surface area contributed by atoms with Crippen molar-refractivity contribution in [2.24, 2.45) is 0 Å². The first kappa shape index (κ1) is 20.9. The average Bonchev–Trinajstić information content (AvgIpc) is 2.72. The molecular formula is C21H29N5O3. The molecule has 29 heavy (non-hydrogen) atoms. The Morgan fingerprint density at radius 3 is 2.69 bits per heavy atom. The molecule has 0 aliphatic carbocycles. The Labute approximate surface area is 171 Å². The summed E-state index contributed by atoms with van der Waals surface area (Å²) in [6.45, 7) is 8.05. The minimum absolute atomic E-state index is 0.00996. The Balaban J connectivity index is 1.45. The minimum atomic E-state index is -0.00996. The van der Waals surface area contributed by atoms with Gasteiger partial charge in [0.15, 0.2) is 0 Å². The lowest BCUT2D eigenvalue weighted by Gasteiger charge is -2.28. The zero-order valence-corrected chi connectivity index (χ0v) is 17.3. The predicted octanol–water partition coefficient (Wildman–Crippen LogP) is 1.71. The first-order chi connectivity index (χ1) is 14.0. The van der Waals surface area contributed by atoms with Gasteiger partial charge in [0, 0.05) is 32.2 Å². The molecule has 1 amide bonds. The van der Waals surface area contributed by atoms with Gasteiger partial charge in [-0.2, -0.15) is 0 Å². The van der Waals surface area contributed by atoms with Crippen molar-refractivity contribution in [1.82, 2.24) is 15.3 Å². The van der Waals surface area contributed by atoms with Gasteiger partial charge in [-0.3, -0.25) is 4.79 Å². The van der Waals surface area contributed by atoms with E-state index in [1.54, 1.807) is 7.11 Å². The first-order valence-corrected chi connectivity index (χ1v) is 9.87. The number of aryl methyl sites for hydroxylation is 2. The molecule has 0 radical (unpaired) electrons. The fourth-order valence-electron chi connectivity index (χ4n) is 3.29. The molecule has 1 aromatic heterocycles. The topological polar surface area (TPSA) is 88.6 Å². The van der Waals surface area contributed by atoms with E-state index in [1.807, 2.05) is 38.1 Å². The second-order valence-electron chi connectivity index (χ2n) is 7.02. The zero-order valence-electron chi connectivity index (χ0n) is 17.3. The third-order valence-corrected chi connectivity index (χ3v) is 4.74. The third kappa shape index (κ3) is 6.05. The van der Waals surface area contributed by atoms with Gasteiger partial charge in [-0.25, -0.2) is 9.97 Å². The lowest BCUT2D eigenvalue weighted by molar-refractivity contribution is -0.120. The van der Waals surface area contributed by atoms with E-state index in [-0.39, 0.29) is 5.91 Å². The number of morpholine rings is 1. The highest BCUT2D eigenvalue weighted by Crippen LogP contribution is 2.19. The molecule has 0 bridgehead atoms. The van der Waals surface area contributed by atoms with Crippen LogP contribution in [0.15, 0.2) is 24.3 Å². The number of ether oxygens (including phenoxy) is 2. The molecule has 0 saturated carbocycles. The summed E-state index contributed by atoms with van der Waals surface area (Å²) in [5, 5.41) is 6.21. The highest BCUT2D eigenvalue weighted by Gasteiger charge is 2.14. The fourth-order valence-corrected chi connectivity index (χ4v) is 3.29. The Kier molecular flexibility index (Phi) is 7.24. The molecule has 8 nitrogen and oxygen atoms in total. The van der Waals surface area contributed by atoms with E-state index in [0.717, 1.165) is 47.4 Å². The Bertz CT molecular complexity index is 837. The van der Waals surface area contributed by atoms with E-state index in [0.29, 0.717) is 32.7 Å². The highest BCUT2D eigenvalue weighted by atomic mass is 16.5. The summed E-state index contributed by atoms with van der Waals surface area (Å²) in [6, 6.07) is 7.73. The predicted molar refractivity (Wildman–Crippen MR) is 113 cm³/mol. The lowest BCUT2D eigenvalue weighted by Crippen LogP contribution is -2.37. The van der Waals surface area contributed by atoms with Crippen LogP contribution >= 0.6 is 0 Å². The van der Waals surface area contributed by atoms with E-state index in [4.69, 9.17) is 9.47 Å². The quantitative estimate of drug-likeness (QED) is 0.653. The van der Waals surface area contributed by atoms with Crippen molar-refractivity contribution >= 4 is 17.5 Å². The molecule has 0 atom stereocenters.